The van der Waals surface area contributed by atoms with E-state index in [0.717, 1.165) is 0 Å². The van der Waals surface area contributed by atoms with Crippen LogP contribution >= 0.6 is 23.2 Å². The number of piperazine rings is 2. The summed E-state index contributed by atoms with van der Waals surface area (Å²) in [5.74, 6) is 0. The van der Waals surface area contributed by atoms with Crippen LogP contribution < -0.4 is 5.32 Å². The smallest absolute Gasteiger partial charge is 0.410 e. The maximum atomic E-state index is 12.6. The van der Waals surface area contributed by atoms with Gasteiger partial charge in [-0.05, 0) is 39.0 Å². The Morgan fingerprint density at radius 1 is 1.03 bits per heavy atom. The monoisotopic (exact) mass is 515 g/mol. The third kappa shape index (κ3) is 7.04. The lowest BCUT2D eigenvalue weighted by atomic mass is 10.1. The van der Waals surface area contributed by atoms with Gasteiger partial charge in [0.05, 0.1) is 16.1 Å². The number of carbonyl (C=O) groups is 3. The number of ether oxygens (including phenoxy) is 1. The lowest BCUT2D eigenvalue weighted by Crippen LogP contribution is -2.61. The SMILES string of the molecule is CC(C)(C)OC(=O)N1CCN(C(=O)O)C(CN2CCN(C(=O)Nc3ccc(Cl)c(Cl)c3)CC2)C1. The van der Waals surface area contributed by atoms with E-state index < -0.39 is 17.8 Å². The Morgan fingerprint density at radius 2 is 1.68 bits per heavy atom. The first-order chi connectivity index (χ1) is 15.9. The standard InChI is InChI=1S/C22H31Cl2N5O5/c1-22(2,3)34-21(33)28-10-11-29(20(31)32)16(14-28)13-26-6-8-27(9-7-26)19(30)25-15-4-5-17(23)18(24)12-15/h4-5,12,16H,6-11,13-14H2,1-3H3,(H,25,30)(H,31,32). The van der Waals surface area contributed by atoms with Gasteiger partial charge in [-0.3, -0.25) is 4.90 Å². The predicted molar refractivity (Wildman–Crippen MR) is 130 cm³/mol. The fourth-order valence-electron chi connectivity index (χ4n) is 3.96. The molecule has 2 saturated heterocycles. The van der Waals surface area contributed by atoms with Gasteiger partial charge in [0.1, 0.15) is 5.60 Å². The molecule has 10 nitrogen and oxygen atoms in total. The summed E-state index contributed by atoms with van der Waals surface area (Å²) in [5.41, 5.74) is -0.0616. The highest BCUT2D eigenvalue weighted by atomic mass is 35.5. The third-order valence-electron chi connectivity index (χ3n) is 5.68. The second-order valence-corrected chi connectivity index (χ2v) is 10.2. The first-order valence-corrected chi connectivity index (χ1v) is 11.9. The van der Waals surface area contributed by atoms with Crippen LogP contribution in [-0.2, 0) is 4.74 Å². The number of carbonyl (C=O) groups excluding carboxylic acids is 2. The summed E-state index contributed by atoms with van der Waals surface area (Å²) >= 11 is 11.9. The fourth-order valence-corrected chi connectivity index (χ4v) is 4.26. The molecule has 0 bridgehead atoms. The van der Waals surface area contributed by atoms with Crippen LogP contribution in [0, 0.1) is 0 Å². The van der Waals surface area contributed by atoms with E-state index >= 15 is 0 Å². The summed E-state index contributed by atoms with van der Waals surface area (Å²) in [6.45, 7) is 8.80. The van der Waals surface area contributed by atoms with Gasteiger partial charge in [0.25, 0.3) is 0 Å². The number of nitrogens with zero attached hydrogens (tertiary/aromatic N) is 4. The molecule has 2 N–H and O–H groups in total. The molecule has 0 saturated carbocycles. The molecule has 1 atom stereocenters. The lowest BCUT2D eigenvalue weighted by molar-refractivity contribution is -0.000503. The molecule has 34 heavy (non-hydrogen) atoms. The Balaban J connectivity index is 1.54. The summed E-state index contributed by atoms with van der Waals surface area (Å²) in [5, 5.41) is 13.2. The summed E-state index contributed by atoms with van der Waals surface area (Å²) in [7, 11) is 0. The van der Waals surface area contributed by atoms with E-state index in [2.05, 4.69) is 10.2 Å². The normalized spacial score (nSPS) is 19.7. The molecule has 0 aromatic heterocycles. The molecule has 3 rings (SSSR count). The number of anilines is 1. The molecule has 0 spiro atoms. The summed E-state index contributed by atoms with van der Waals surface area (Å²) < 4.78 is 5.46. The Bertz CT molecular complexity index is 917. The summed E-state index contributed by atoms with van der Waals surface area (Å²) in [4.78, 5) is 43.6. The Labute approximate surface area is 209 Å². The zero-order valence-corrected chi connectivity index (χ0v) is 21.1. The quantitative estimate of drug-likeness (QED) is 0.634. The molecule has 0 aliphatic carbocycles. The highest BCUT2D eigenvalue weighted by molar-refractivity contribution is 6.42. The number of benzene rings is 1. The highest BCUT2D eigenvalue weighted by Crippen LogP contribution is 2.25. The molecular weight excluding hydrogens is 485 g/mol. The second kappa shape index (κ2) is 10.9. The number of carboxylic acid groups (broad SMARTS) is 1. The molecule has 188 valence electrons. The Morgan fingerprint density at radius 3 is 2.26 bits per heavy atom. The Hall–Kier alpha value is -2.43. The van der Waals surface area contributed by atoms with Crippen molar-refractivity contribution < 1.29 is 24.2 Å². The molecule has 4 amide bonds. The maximum Gasteiger partial charge on any atom is 0.410 e. The van der Waals surface area contributed by atoms with E-state index in [9.17, 15) is 19.5 Å². The van der Waals surface area contributed by atoms with Gasteiger partial charge >= 0.3 is 18.2 Å². The van der Waals surface area contributed by atoms with E-state index in [1.807, 2.05) is 0 Å². The highest BCUT2D eigenvalue weighted by Gasteiger charge is 2.36. The zero-order valence-electron chi connectivity index (χ0n) is 19.6. The van der Waals surface area contributed by atoms with Crippen molar-refractivity contribution in [1.82, 2.24) is 19.6 Å². The van der Waals surface area contributed by atoms with Crippen molar-refractivity contribution in [3.05, 3.63) is 28.2 Å². The van der Waals surface area contributed by atoms with Crippen molar-refractivity contribution in [3.8, 4) is 0 Å². The van der Waals surface area contributed by atoms with Crippen LogP contribution in [0.25, 0.3) is 0 Å². The third-order valence-corrected chi connectivity index (χ3v) is 6.42. The maximum absolute atomic E-state index is 12.6. The zero-order chi connectivity index (χ0) is 25.0. The topological polar surface area (TPSA) is 106 Å². The molecule has 1 aromatic carbocycles. The van der Waals surface area contributed by atoms with Gasteiger partial charge in [-0.25, -0.2) is 14.4 Å². The average Bonchev–Trinajstić information content (AvgIpc) is 2.75. The molecule has 1 unspecified atom stereocenters. The minimum Gasteiger partial charge on any atom is -0.465 e. The van der Waals surface area contributed by atoms with Gasteiger partial charge in [-0.2, -0.15) is 0 Å². The summed E-state index contributed by atoms with van der Waals surface area (Å²) in [6.07, 6.45) is -1.44. The minimum absolute atomic E-state index is 0.227. The van der Waals surface area contributed by atoms with Crippen LogP contribution in [0.2, 0.25) is 10.0 Å². The van der Waals surface area contributed by atoms with Crippen molar-refractivity contribution in [2.24, 2.45) is 0 Å². The van der Waals surface area contributed by atoms with Gasteiger partial charge < -0.3 is 29.9 Å². The van der Waals surface area contributed by atoms with Crippen LogP contribution in [0.5, 0.6) is 0 Å². The number of hydrogen-bond donors (Lipinski definition) is 2. The summed E-state index contributed by atoms with van der Waals surface area (Å²) in [6, 6.07) is 4.28. The van der Waals surface area contributed by atoms with Gasteiger partial charge in [-0.1, -0.05) is 23.2 Å². The van der Waals surface area contributed by atoms with Gasteiger partial charge in [0.2, 0.25) is 0 Å². The molecule has 2 aliphatic heterocycles. The van der Waals surface area contributed by atoms with Crippen molar-refractivity contribution in [1.29, 1.82) is 0 Å². The van der Waals surface area contributed by atoms with Crippen LogP contribution in [0.1, 0.15) is 20.8 Å². The number of halogens is 2. The van der Waals surface area contributed by atoms with E-state index in [-0.39, 0.29) is 25.2 Å². The van der Waals surface area contributed by atoms with E-state index in [1.54, 1.807) is 48.8 Å². The lowest BCUT2D eigenvalue weighted by Gasteiger charge is -2.43. The van der Waals surface area contributed by atoms with Gasteiger partial charge in [-0.15, -0.1) is 0 Å². The van der Waals surface area contributed by atoms with E-state index in [4.69, 9.17) is 27.9 Å². The minimum atomic E-state index is -1.01. The molecular formula is C22H31Cl2N5O5. The number of nitrogens with one attached hydrogen (secondary N) is 1. The van der Waals surface area contributed by atoms with Crippen molar-refractivity contribution in [2.45, 2.75) is 32.4 Å². The van der Waals surface area contributed by atoms with Crippen LogP contribution in [-0.4, -0.2) is 107 Å². The van der Waals surface area contributed by atoms with Crippen LogP contribution in [0.4, 0.5) is 20.1 Å². The molecule has 2 aliphatic rings. The van der Waals surface area contributed by atoms with Crippen LogP contribution in [0.3, 0.4) is 0 Å². The second-order valence-electron chi connectivity index (χ2n) is 9.40. The van der Waals surface area contributed by atoms with Gasteiger partial charge in [0.15, 0.2) is 0 Å². The number of rotatable bonds is 3. The molecule has 2 fully saturated rings. The number of urea groups is 1. The molecule has 12 heteroatoms. The van der Waals surface area contributed by atoms with Crippen LogP contribution in [0.15, 0.2) is 18.2 Å². The average molecular weight is 516 g/mol. The van der Waals surface area contributed by atoms with E-state index in [1.165, 1.54) is 4.90 Å². The molecule has 2 heterocycles. The number of amides is 4. The molecule has 0 radical (unpaired) electrons. The number of hydrogen-bond acceptors (Lipinski definition) is 5. The van der Waals surface area contributed by atoms with Crippen molar-refractivity contribution in [3.63, 3.8) is 0 Å². The van der Waals surface area contributed by atoms with Gasteiger partial charge in [0, 0.05) is 58.0 Å². The first kappa shape index (κ1) is 26.2. The fraction of sp³-hybridized carbons (Fsp3) is 0.591. The largest absolute Gasteiger partial charge is 0.465 e. The molecule has 1 aromatic rings. The predicted octanol–water partition coefficient (Wildman–Crippen LogP) is 3.74. The van der Waals surface area contributed by atoms with E-state index in [0.29, 0.717) is 55.0 Å². The van der Waals surface area contributed by atoms with Crippen molar-refractivity contribution >= 4 is 47.1 Å². The Kier molecular flexibility index (Phi) is 8.38. The van der Waals surface area contributed by atoms with Crippen molar-refractivity contribution in [2.75, 3.05) is 57.7 Å². The first-order valence-electron chi connectivity index (χ1n) is 11.1.